The van der Waals surface area contributed by atoms with Gasteiger partial charge in [-0.3, -0.25) is 14.3 Å². The number of aromatic amines is 1. The van der Waals surface area contributed by atoms with Gasteiger partial charge in [0, 0.05) is 23.6 Å². The molecule has 1 aromatic carbocycles. The van der Waals surface area contributed by atoms with Crippen LogP contribution in [0.4, 0.5) is 0 Å². The fourth-order valence-corrected chi connectivity index (χ4v) is 4.49. The summed E-state index contributed by atoms with van der Waals surface area (Å²) in [6.07, 6.45) is -0.992. The van der Waals surface area contributed by atoms with Crippen LogP contribution in [0.3, 0.4) is 0 Å². The normalized spacial score (nSPS) is 34.0. The predicted molar refractivity (Wildman–Crippen MR) is 100 cm³/mol. The van der Waals surface area contributed by atoms with Crippen LogP contribution in [0.2, 0.25) is 0 Å². The van der Waals surface area contributed by atoms with Gasteiger partial charge in [0.15, 0.2) is 5.60 Å². The van der Waals surface area contributed by atoms with E-state index >= 15 is 0 Å². The van der Waals surface area contributed by atoms with E-state index in [-0.39, 0.29) is 5.92 Å². The second-order valence-electron chi connectivity index (χ2n) is 7.83. The maximum Gasteiger partial charge on any atom is 0.330 e. The molecule has 2 bridgehead atoms. The zero-order chi connectivity index (χ0) is 20.2. The zero-order valence-corrected chi connectivity index (χ0v) is 16.0. The third-order valence-corrected chi connectivity index (χ3v) is 6.05. The molecule has 1 aromatic heterocycles. The molecule has 1 saturated carbocycles. The summed E-state index contributed by atoms with van der Waals surface area (Å²) in [6.45, 7) is 5.01. The Morgan fingerprint density at radius 3 is 2.57 bits per heavy atom. The van der Waals surface area contributed by atoms with Gasteiger partial charge in [0.1, 0.15) is 18.1 Å². The maximum absolute atomic E-state index is 12.3. The fourth-order valence-electron chi connectivity index (χ4n) is 4.49. The largest absolute Gasteiger partial charge is 0.487 e. The van der Waals surface area contributed by atoms with Gasteiger partial charge in [0.05, 0.1) is 12.7 Å². The highest BCUT2D eigenvalue weighted by atomic mass is 16.6. The average Bonchev–Trinajstić information content (AvgIpc) is 3.06. The molecule has 0 amide bonds. The number of hydrogen-bond donors (Lipinski definition) is 3. The van der Waals surface area contributed by atoms with Crippen molar-refractivity contribution in [3.05, 3.63) is 62.4 Å². The molecule has 150 valence electrons. The molecule has 1 aliphatic carbocycles. The number of aliphatic hydroxyl groups is 2. The van der Waals surface area contributed by atoms with E-state index in [9.17, 15) is 19.8 Å². The molecule has 0 unspecified atom stereocenters. The number of ether oxygens (including phenoxy) is 2. The summed E-state index contributed by atoms with van der Waals surface area (Å²) >= 11 is 0. The summed E-state index contributed by atoms with van der Waals surface area (Å²) in [5.74, 6) is -0.0702. The molecule has 2 aliphatic rings. The lowest BCUT2D eigenvalue weighted by Gasteiger charge is -2.40. The zero-order valence-electron chi connectivity index (χ0n) is 16.0. The minimum Gasteiger partial charge on any atom is -0.487 e. The average molecular weight is 388 g/mol. The molecular formula is C20H24N2O6. The van der Waals surface area contributed by atoms with Gasteiger partial charge in [0.25, 0.3) is 5.56 Å². The second kappa shape index (κ2) is 6.58. The second-order valence-corrected chi connectivity index (χ2v) is 7.83. The minimum absolute atomic E-state index is 0.207. The van der Waals surface area contributed by atoms with E-state index in [2.05, 4.69) is 4.98 Å². The molecule has 8 nitrogen and oxygen atoms in total. The number of nitrogens with one attached hydrogen (secondary N) is 1. The Hall–Kier alpha value is -2.42. The lowest BCUT2D eigenvalue weighted by molar-refractivity contribution is -0.198. The van der Waals surface area contributed by atoms with Crippen molar-refractivity contribution in [3.8, 4) is 5.75 Å². The fraction of sp³-hybridized carbons (Fsp3) is 0.500. The van der Waals surface area contributed by atoms with Gasteiger partial charge in [-0.05, 0) is 26.0 Å². The molecule has 28 heavy (non-hydrogen) atoms. The van der Waals surface area contributed by atoms with E-state index in [4.69, 9.17) is 9.47 Å². The molecule has 2 heterocycles. The van der Waals surface area contributed by atoms with Gasteiger partial charge >= 0.3 is 5.69 Å². The van der Waals surface area contributed by atoms with Gasteiger partial charge in [-0.15, -0.1) is 0 Å². The molecular weight excluding hydrogens is 364 g/mol. The molecule has 1 saturated heterocycles. The van der Waals surface area contributed by atoms with Gasteiger partial charge in [-0.1, -0.05) is 24.6 Å². The summed E-state index contributed by atoms with van der Waals surface area (Å²) < 4.78 is 13.5. The van der Waals surface area contributed by atoms with Crippen molar-refractivity contribution in [3.63, 3.8) is 0 Å². The molecule has 6 atom stereocenters. The van der Waals surface area contributed by atoms with Crippen LogP contribution in [0.15, 0.2) is 40.1 Å². The number of aliphatic hydroxyl groups excluding tert-OH is 2. The van der Waals surface area contributed by atoms with Crippen molar-refractivity contribution in [1.82, 2.24) is 9.55 Å². The van der Waals surface area contributed by atoms with Crippen LogP contribution in [0.5, 0.6) is 5.75 Å². The van der Waals surface area contributed by atoms with Crippen molar-refractivity contribution in [2.45, 2.75) is 44.8 Å². The molecule has 0 radical (unpaired) electrons. The molecule has 3 N–H and O–H groups in total. The van der Waals surface area contributed by atoms with E-state index in [1.165, 1.54) is 10.8 Å². The smallest absolute Gasteiger partial charge is 0.330 e. The van der Waals surface area contributed by atoms with Crippen molar-refractivity contribution >= 4 is 0 Å². The van der Waals surface area contributed by atoms with Crippen molar-refractivity contribution in [2.24, 2.45) is 11.8 Å². The molecule has 8 heteroatoms. The Balaban J connectivity index is 1.70. The number of nitrogens with zero attached hydrogens (tertiary/aromatic N) is 1. The Morgan fingerprint density at radius 2 is 1.93 bits per heavy atom. The first-order valence-corrected chi connectivity index (χ1v) is 9.30. The summed E-state index contributed by atoms with van der Waals surface area (Å²) in [5.41, 5.74) is -0.983. The van der Waals surface area contributed by atoms with Crippen LogP contribution in [0.1, 0.15) is 24.3 Å². The highest BCUT2D eigenvalue weighted by Crippen LogP contribution is 2.56. The quantitative estimate of drug-likeness (QED) is 0.702. The summed E-state index contributed by atoms with van der Waals surface area (Å²) in [7, 11) is 0. The first kappa shape index (κ1) is 18.9. The number of hydrogen-bond acceptors (Lipinski definition) is 6. The minimum atomic E-state index is -1.36. The third kappa shape index (κ3) is 2.63. The monoisotopic (exact) mass is 388 g/mol. The summed E-state index contributed by atoms with van der Waals surface area (Å²) in [6, 6.07) is 7.50. The first-order valence-electron chi connectivity index (χ1n) is 9.30. The number of H-pyrrole nitrogens is 1. The molecule has 1 aliphatic heterocycles. The Bertz CT molecular complexity index is 997. The van der Waals surface area contributed by atoms with E-state index in [0.29, 0.717) is 11.3 Å². The number of fused-ring (bicyclic) bond motifs is 2. The van der Waals surface area contributed by atoms with Gasteiger partial charge < -0.3 is 19.7 Å². The van der Waals surface area contributed by atoms with Crippen molar-refractivity contribution < 1.29 is 19.7 Å². The highest BCUT2D eigenvalue weighted by molar-refractivity contribution is 5.28. The number of aromatic nitrogens is 2. The van der Waals surface area contributed by atoms with Crippen LogP contribution >= 0.6 is 0 Å². The van der Waals surface area contributed by atoms with E-state index < -0.39 is 47.8 Å². The summed E-state index contributed by atoms with van der Waals surface area (Å²) in [5, 5.41) is 21.1. The standard InChI is InChI=1S/C20H24N2O6/c1-10-4-6-13(7-5-10)27-16-12(3)14-15(24)20(16,9-23)28-18(14)22-8-11(2)17(25)21-19(22)26/h4-8,12,14-16,18,23-24H,9H2,1-3H3,(H,21,25,26)/t12-,14+,15-,16-,18+,20+/m0/s1. The van der Waals surface area contributed by atoms with Crippen LogP contribution in [-0.2, 0) is 4.74 Å². The van der Waals surface area contributed by atoms with Crippen LogP contribution in [0, 0.1) is 25.7 Å². The van der Waals surface area contributed by atoms with Crippen LogP contribution in [-0.4, -0.2) is 44.2 Å². The topological polar surface area (TPSA) is 114 Å². The lowest BCUT2D eigenvalue weighted by atomic mass is 9.92. The first-order chi connectivity index (χ1) is 13.3. The predicted octanol–water partition coefficient (Wildman–Crippen LogP) is 0.488. The Kier molecular flexibility index (Phi) is 4.45. The summed E-state index contributed by atoms with van der Waals surface area (Å²) in [4.78, 5) is 26.2. The SMILES string of the molecule is Cc1ccc(O[C@H]2[C@@H](C)[C@H]3[C@H](n4cc(C)c(=O)[nH]c4=O)O[C@]2(CO)[C@H]3O)cc1. The van der Waals surface area contributed by atoms with Crippen molar-refractivity contribution in [1.29, 1.82) is 0 Å². The lowest BCUT2D eigenvalue weighted by Crippen LogP contribution is -2.55. The number of benzene rings is 1. The molecule has 2 fully saturated rings. The van der Waals surface area contributed by atoms with E-state index in [1.54, 1.807) is 6.92 Å². The number of aryl methyl sites for hydroxylation is 2. The Morgan fingerprint density at radius 1 is 1.25 bits per heavy atom. The van der Waals surface area contributed by atoms with Gasteiger partial charge in [-0.25, -0.2) is 4.79 Å². The van der Waals surface area contributed by atoms with E-state index in [0.717, 1.165) is 5.56 Å². The maximum atomic E-state index is 12.3. The van der Waals surface area contributed by atoms with Gasteiger partial charge in [-0.2, -0.15) is 0 Å². The molecule has 4 rings (SSSR count). The van der Waals surface area contributed by atoms with E-state index in [1.807, 2.05) is 38.1 Å². The van der Waals surface area contributed by atoms with Crippen LogP contribution in [0.25, 0.3) is 0 Å². The number of rotatable bonds is 4. The Labute approximate surface area is 161 Å². The van der Waals surface area contributed by atoms with Gasteiger partial charge in [0.2, 0.25) is 0 Å². The highest BCUT2D eigenvalue weighted by Gasteiger charge is 2.70. The third-order valence-electron chi connectivity index (χ3n) is 6.05. The molecule has 2 aromatic rings. The molecule has 0 spiro atoms. The van der Waals surface area contributed by atoms with Crippen LogP contribution < -0.4 is 16.0 Å². The van der Waals surface area contributed by atoms with Crippen molar-refractivity contribution in [2.75, 3.05) is 6.61 Å².